The van der Waals surface area contributed by atoms with E-state index in [0.29, 0.717) is 6.54 Å². The van der Waals surface area contributed by atoms with Crippen LogP contribution in [0.5, 0.6) is 0 Å². The molecule has 7 nitrogen and oxygen atoms in total. The largest absolute Gasteiger partial charge is 0.468 e. The van der Waals surface area contributed by atoms with E-state index in [9.17, 15) is 0 Å². The maximum atomic E-state index is 5.73. The number of aliphatic imine (C=N–C) groups is 1. The van der Waals surface area contributed by atoms with Crippen molar-refractivity contribution in [3.05, 3.63) is 48.0 Å². The fourth-order valence-electron chi connectivity index (χ4n) is 3.54. The summed E-state index contributed by atoms with van der Waals surface area (Å²) in [4.78, 5) is 13.3. The lowest BCUT2D eigenvalue weighted by Gasteiger charge is -2.33. The van der Waals surface area contributed by atoms with Gasteiger partial charge in [0, 0.05) is 40.4 Å². The zero-order chi connectivity index (χ0) is 19.8. The molecule has 1 aliphatic rings. The van der Waals surface area contributed by atoms with Crippen molar-refractivity contribution in [3.8, 4) is 0 Å². The lowest BCUT2D eigenvalue weighted by Crippen LogP contribution is -2.44. The zero-order valence-electron chi connectivity index (χ0n) is 17.2. The van der Waals surface area contributed by atoms with Crippen LogP contribution in [0.15, 0.2) is 46.1 Å². The van der Waals surface area contributed by atoms with Crippen molar-refractivity contribution in [1.29, 1.82) is 0 Å². The minimum absolute atomic E-state index is 0.218. The van der Waals surface area contributed by atoms with Gasteiger partial charge in [0.25, 0.3) is 0 Å². The maximum absolute atomic E-state index is 5.73. The highest BCUT2D eigenvalue weighted by molar-refractivity contribution is 5.79. The molecule has 0 bridgehead atoms. The molecular formula is C21H32N6O. The van der Waals surface area contributed by atoms with Crippen molar-refractivity contribution < 1.29 is 4.42 Å². The molecule has 0 spiro atoms. The third-order valence-electron chi connectivity index (χ3n) is 5.12. The third-order valence-corrected chi connectivity index (χ3v) is 5.12. The highest BCUT2D eigenvalue weighted by Gasteiger charge is 2.24. The monoisotopic (exact) mass is 384 g/mol. The van der Waals surface area contributed by atoms with Crippen molar-refractivity contribution in [3.63, 3.8) is 0 Å². The van der Waals surface area contributed by atoms with Gasteiger partial charge in [-0.2, -0.15) is 0 Å². The first kappa shape index (κ1) is 20.2. The molecule has 1 atom stereocenters. The summed E-state index contributed by atoms with van der Waals surface area (Å²) in [6.07, 6.45) is 7.41. The Kier molecular flexibility index (Phi) is 7.31. The molecule has 1 unspecified atom stereocenters. The highest BCUT2D eigenvalue weighted by atomic mass is 16.3. The number of nitrogens with one attached hydrogen (secondary N) is 2. The van der Waals surface area contributed by atoms with Crippen molar-refractivity contribution in [2.45, 2.75) is 31.8 Å². The molecule has 0 aliphatic carbocycles. The van der Waals surface area contributed by atoms with Gasteiger partial charge in [-0.3, -0.25) is 9.89 Å². The predicted octanol–water partition coefficient (Wildman–Crippen LogP) is 2.63. The number of furan rings is 1. The van der Waals surface area contributed by atoms with Crippen LogP contribution >= 0.6 is 0 Å². The van der Waals surface area contributed by atoms with E-state index in [2.05, 4.69) is 37.6 Å². The molecule has 1 aliphatic heterocycles. The Labute approximate surface area is 167 Å². The van der Waals surface area contributed by atoms with Gasteiger partial charge in [-0.1, -0.05) is 6.42 Å². The Hall–Kier alpha value is -2.54. The van der Waals surface area contributed by atoms with Crippen LogP contribution in [-0.4, -0.2) is 56.6 Å². The average Bonchev–Trinajstić information content (AvgIpc) is 3.26. The number of hydrogen-bond donors (Lipinski definition) is 2. The Morgan fingerprint density at radius 1 is 1.25 bits per heavy atom. The summed E-state index contributed by atoms with van der Waals surface area (Å²) in [5.41, 5.74) is 1.17. The van der Waals surface area contributed by atoms with Gasteiger partial charge in [0.15, 0.2) is 5.96 Å². The SMILES string of the molecule is CN=C(NCc1ccnc(N(C)C)c1)NCC(c1ccco1)N1CCCCC1. The molecule has 0 radical (unpaired) electrons. The molecule has 152 valence electrons. The van der Waals surface area contributed by atoms with Gasteiger partial charge in [-0.15, -0.1) is 0 Å². The van der Waals surface area contributed by atoms with Crippen LogP contribution in [0, 0.1) is 0 Å². The van der Waals surface area contributed by atoms with E-state index in [1.54, 1.807) is 13.3 Å². The van der Waals surface area contributed by atoms with Crippen molar-refractivity contribution >= 4 is 11.8 Å². The number of guanidine groups is 1. The van der Waals surface area contributed by atoms with Crippen LogP contribution in [0.1, 0.15) is 36.6 Å². The number of anilines is 1. The Bertz CT molecular complexity index is 737. The smallest absolute Gasteiger partial charge is 0.191 e. The second-order valence-corrected chi connectivity index (χ2v) is 7.35. The molecule has 0 amide bonds. The van der Waals surface area contributed by atoms with Gasteiger partial charge in [-0.05, 0) is 55.8 Å². The highest BCUT2D eigenvalue weighted by Crippen LogP contribution is 2.24. The standard InChI is InChI=1S/C21H32N6O/c1-22-21(24-15-17-9-10-23-20(14-17)26(2)3)25-16-18(19-8-7-13-28-19)27-11-5-4-6-12-27/h7-10,13-14,18H,4-6,11-12,15-16H2,1-3H3,(H2,22,24,25). The normalized spacial score (nSPS) is 16.6. The summed E-state index contributed by atoms with van der Waals surface area (Å²) in [5.74, 6) is 2.75. The van der Waals surface area contributed by atoms with Crippen molar-refractivity contribution in [1.82, 2.24) is 20.5 Å². The lowest BCUT2D eigenvalue weighted by atomic mass is 10.1. The quantitative estimate of drug-likeness (QED) is 0.565. The topological polar surface area (TPSA) is 68.9 Å². The van der Waals surface area contributed by atoms with Gasteiger partial charge >= 0.3 is 0 Å². The maximum Gasteiger partial charge on any atom is 0.191 e. The summed E-state index contributed by atoms with van der Waals surface area (Å²) in [6, 6.07) is 8.35. The first-order valence-corrected chi connectivity index (χ1v) is 10.0. The summed E-state index contributed by atoms with van der Waals surface area (Å²) in [6.45, 7) is 3.68. The molecule has 7 heteroatoms. The van der Waals surface area contributed by atoms with Crippen LogP contribution < -0.4 is 15.5 Å². The number of pyridine rings is 1. The molecule has 3 rings (SSSR count). The summed E-state index contributed by atoms with van der Waals surface area (Å²) < 4.78 is 5.73. The van der Waals surface area contributed by atoms with Crippen LogP contribution in [-0.2, 0) is 6.54 Å². The van der Waals surface area contributed by atoms with Gasteiger partial charge in [0.1, 0.15) is 11.6 Å². The van der Waals surface area contributed by atoms with Gasteiger partial charge in [0.2, 0.25) is 0 Å². The van der Waals surface area contributed by atoms with Gasteiger partial charge in [0.05, 0.1) is 12.3 Å². The molecule has 3 heterocycles. The number of piperidine rings is 1. The van der Waals surface area contributed by atoms with Crippen LogP contribution in [0.2, 0.25) is 0 Å². The molecule has 28 heavy (non-hydrogen) atoms. The number of aromatic nitrogens is 1. The van der Waals surface area contributed by atoms with E-state index in [4.69, 9.17) is 4.42 Å². The van der Waals surface area contributed by atoms with Crippen LogP contribution in [0.4, 0.5) is 5.82 Å². The zero-order valence-corrected chi connectivity index (χ0v) is 17.2. The molecule has 1 fully saturated rings. The summed E-state index contributed by atoms with van der Waals surface area (Å²) in [7, 11) is 5.79. The molecule has 2 aromatic rings. The van der Waals surface area contributed by atoms with E-state index in [1.165, 1.54) is 24.8 Å². The van der Waals surface area contributed by atoms with Crippen LogP contribution in [0.3, 0.4) is 0 Å². The van der Waals surface area contributed by atoms with Crippen molar-refractivity contribution in [2.75, 3.05) is 45.7 Å². The molecule has 2 aromatic heterocycles. The summed E-state index contributed by atoms with van der Waals surface area (Å²) in [5, 5.41) is 6.87. The lowest BCUT2D eigenvalue weighted by molar-refractivity contribution is 0.146. The second-order valence-electron chi connectivity index (χ2n) is 7.35. The average molecular weight is 385 g/mol. The van der Waals surface area contributed by atoms with E-state index >= 15 is 0 Å². The number of hydrogen-bond acceptors (Lipinski definition) is 5. The minimum atomic E-state index is 0.218. The first-order chi connectivity index (χ1) is 13.7. The molecule has 1 saturated heterocycles. The number of likely N-dealkylation sites (tertiary alicyclic amines) is 1. The molecule has 0 aromatic carbocycles. The minimum Gasteiger partial charge on any atom is -0.468 e. The van der Waals surface area contributed by atoms with E-state index in [-0.39, 0.29) is 6.04 Å². The number of rotatable bonds is 7. The number of nitrogens with zero attached hydrogens (tertiary/aromatic N) is 4. The van der Waals surface area contributed by atoms with Crippen LogP contribution in [0.25, 0.3) is 0 Å². The third kappa shape index (κ3) is 5.48. The first-order valence-electron chi connectivity index (χ1n) is 10.0. The van der Waals surface area contributed by atoms with Gasteiger partial charge < -0.3 is 20.0 Å². The molecule has 2 N–H and O–H groups in total. The Morgan fingerprint density at radius 3 is 2.75 bits per heavy atom. The van der Waals surface area contributed by atoms with E-state index in [0.717, 1.165) is 37.2 Å². The predicted molar refractivity (Wildman–Crippen MR) is 114 cm³/mol. The fourth-order valence-corrected chi connectivity index (χ4v) is 3.54. The summed E-state index contributed by atoms with van der Waals surface area (Å²) >= 11 is 0. The fraction of sp³-hybridized carbons (Fsp3) is 0.524. The van der Waals surface area contributed by atoms with Crippen molar-refractivity contribution in [2.24, 2.45) is 4.99 Å². The van der Waals surface area contributed by atoms with Gasteiger partial charge in [-0.25, -0.2) is 4.98 Å². The molecule has 0 saturated carbocycles. The Balaban J connectivity index is 1.58. The van der Waals surface area contributed by atoms with E-state index in [1.807, 2.05) is 37.3 Å². The van der Waals surface area contributed by atoms with E-state index < -0.39 is 0 Å². The molecular weight excluding hydrogens is 352 g/mol. The second kappa shape index (κ2) is 10.1. The Morgan fingerprint density at radius 2 is 2.07 bits per heavy atom.